The molecule has 1 saturated heterocycles. The summed E-state index contributed by atoms with van der Waals surface area (Å²) in [5.41, 5.74) is 2.29. The number of anilines is 1. The second-order valence-electron chi connectivity index (χ2n) is 5.36. The smallest absolute Gasteiger partial charge is 0.235 e. The molecule has 1 aromatic carbocycles. The summed E-state index contributed by atoms with van der Waals surface area (Å²) in [6.07, 6.45) is 4.23. The maximum Gasteiger partial charge on any atom is 0.235 e. The van der Waals surface area contributed by atoms with Gasteiger partial charge in [-0.15, -0.1) is 0 Å². The molecular weight excluding hydrogens is 336 g/mol. The second-order valence-corrected chi connectivity index (χ2v) is 7.71. The van der Waals surface area contributed by atoms with Gasteiger partial charge in [-0.1, -0.05) is 0 Å². The van der Waals surface area contributed by atoms with Crippen LogP contribution in [-0.2, 0) is 10.0 Å². The third-order valence-electron chi connectivity index (χ3n) is 3.91. The average molecular weight is 349 g/mol. The third-order valence-corrected chi connectivity index (χ3v) is 5.96. The molecule has 3 heterocycles. The van der Waals surface area contributed by atoms with E-state index in [0.717, 1.165) is 11.1 Å². The highest BCUT2D eigenvalue weighted by Crippen LogP contribution is 2.26. The van der Waals surface area contributed by atoms with Crippen molar-refractivity contribution < 1.29 is 8.42 Å². The molecule has 6 nitrogen and oxygen atoms in total. The molecule has 0 radical (unpaired) electrons. The molecule has 4 rings (SSSR count). The summed E-state index contributed by atoms with van der Waals surface area (Å²) in [5, 5.41) is 1.08. The van der Waals surface area contributed by atoms with E-state index >= 15 is 0 Å². The van der Waals surface area contributed by atoms with E-state index in [1.165, 1.54) is 4.31 Å². The Morgan fingerprint density at radius 2 is 1.83 bits per heavy atom. The summed E-state index contributed by atoms with van der Waals surface area (Å²) < 4.78 is 27.3. The van der Waals surface area contributed by atoms with Gasteiger partial charge in [-0.25, -0.2) is 13.4 Å². The summed E-state index contributed by atoms with van der Waals surface area (Å²) in [5.74, 6) is 0.215. The van der Waals surface area contributed by atoms with Crippen molar-refractivity contribution in [3.8, 4) is 5.69 Å². The highest BCUT2D eigenvalue weighted by Gasteiger charge is 2.28. The molecule has 3 aromatic rings. The van der Waals surface area contributed by atoms with Crippen molar-refractivity contribution in [3.63, 3.8) is 0 Å². The molecule has 0 bridgehead atoms. The van der Waals surface area contributed by atoms with Crippen LogP contribution in [-0.4, -0.2) is 35.3 Å². The van der Waals surface area contributed by atoms with Crippen LogP contribution in [0.5, 0.6) is 0 Å². The third kappa shape index (κ3) is 2.46. The lowest BCUT2D eigenvalue weighted by atomic mass is 10.2. The van der Waals surface area contributed by atoms with Crippen LogP contribution in [0, 0.1) is 0 Å². The minimum atomic E-state index is -3.16. The molecule has 0 saturated carbocycles. The van der Waals surface area contributed by atoms with E-state index in [0.29, 0.717) is 24.3 Å². The van der Waals surface area contributed by atoms with E-state index < -0.39 is 10.0 Å². The predicted octanol–water partition coefficient (Wildman–Crippen LogP) is 2.61. The zero-order valence-electron chi connectivity index (χ0n) is 12.1. The summed E-state index contributed by atoms with van der Waals surface area (Å²) in [7, 11) is -3.16. The lowest BCUT2D eigenvalue weighted by Crippen LogP contribution is -2.24. The first-order valence-electron chi connectivity index (χ1n) is 7.15. The Labute approximate surface area is 138 Å². The standard InChI is InChI=1S/C15H13ClN4O2S/c16-15-17-10-11-6-8-19(14(11)18-15)12-2-4-13(5-3-12)20-7-1-9-23(20,21)22/h2-6,8,10H,1,7,9H2. The number of rotatable bonds is 2. The average Bonchev–Trinajstić information content (AvgIpc) is 3.10. The highest BCUT2D eigenvalue weighted by molar-refractivity contribution is 7.93. The number of aromatic nitrogens is 3. The molecule has 0 N–H and O–H groups in total. The molecule has 0 amide bonds. The van der Waals surface area contributed by atoms with E-state index in [2.05, 4.69) is 9.97 Å². The Morgan fingerprint density at radius 1 is 1.09 bits per heavy atom. The molecule has 1 fully saturated rings. The van der Waals surface area contributed by atoms with Gasteiger partial charge in [0.25, 0.3) is 0 Å². The van der Waals surface area contributed by atoms with E-state index in [4.69, 9.17) is 11.6 Å². The number of halogens is 1. The predicted molar refractivity (Wildman–Crippen MR) is 89.6 cm³/mol. The van der Waals surface area contributed by atoms with Gasteiger partial charge in [0.1, 0.15) is 5.65 Å². The fraction of sp³-hybridized carbons (Fsp3) is 0.200. The van der Waals surface area contributed by atoms with E-state index in [-0.39, 0.29) is 11.0 Å². The van der Waals surface area contributed by atoms with Crippen molar-refractivity contribution in [2.24, 2.45) is 0 Å². The highest BCUT2D eigenvalue weighted by atomic mass is 35.5. The molecule has 0 atom stereocenters. The molecule has 0 aliphatic carbocycles. The zero-order valence-corrected chi connectivity index (χ0v) is 13.6. The van der Waals surface area contributed by atoms with Gasteiger partial charge < -0.3 is 4.57 Å². The first kappa shape index (κ1) is 14.5. The summed E-state index contributed by atoms with van der Waals surface area (Å²) in [4.78, 5) is 8.21. The minimum Gasteiger partial charge on any atom is -0.301 e. The Balaban J connectivity index is 1.74. The molecule has 1 aliphatic rings. The molecular formula is C15H13ClN4O2S. The number of fused-ring (bicyclic) bond motifs is 1. The normalized spacial score (nSPS) is 17.0. The van der Waals surface area contributed by atoms with Crippen molar-refractivity contribution >= 4 is 38.3 Å². The fourth-order valence-corrected chi connectivity index (χ4v) is 4.51. The van der Waals surface area contributed by atoms with Crippen molar-refractivity contribution in [2.45, 2.75) is 6.42 Å². The van der Waals surface area contributed by atoms with Crippen LogP contribution in [0.25, 0.3) is 16.7 Å². The molecule has 23 heavy (non-hydrogen) atoms. The number of hydrogen-bond donors (Lipinski definition) is 0. The molecule has 0 unspecified atom stereocenters. The molecule has 0 spiro atoms. The van der Waals surface area contributed by atoms with Crippen molar-refractivity contribution in [3.05, 3.63) is 48.0 Å². The number of hydrogen-bond acceptors (Lipinski definition) is 4. The van der Waals surface area contributed by atoms with Crippen molar-refractivity contribution in [1.82, 2.24) is 14.5 Å². The second kappa shape index (κ2) is 5.21. The Morgan fingerprint density at radius 3 is 2.52 bits per heavy atom. The molecule has 1 aliphatic heterocycles. The fourth-order valence-electron chi connectivity index (χ4n) is 2.81. The molecule has 118 valence electrons. The quantitative estimate of drug-likeness (QED) is 0.668. The van der Waals surface area contributed by atoms with Crippen LogP contribution in [0.1, 0.15) is 6.42 Å². The van der Waals surface area contributed by atoms with Crippen LogP contribution in [0.2, 0.25) is 5.28 Å². The van der Waals surface area contributed by atoms with Crippen LogP contribution < -0.4 is 4.31 Å². The summed E-state index contributed by atoms with van der Waals surface area (Å²) in [6.45, 7) is 0.539. The van der Waals surface area contributed by atoms with E-state index in [1.807, 2.05) is 41.1 Å². The maximum absolute atomic E-state index is 12.0. The van der Waals surface area contributed by atoms with Crippen LogP contribution >= 0.6 is 11.6 Å². The monoisotopic (exact) mass is 348 g/mol. The van der Waals surface area contributed by atoms with Gasteiger partial charge in [-0.05, 0) is 48.4 Å². The van der Waals surface area contributed by atoms with Gasteiger partial charge in [0, 0.05) is 30.0 Å². The van der Waals surface area contributed by atoms with Gasteiger partial charge in [0.05, 0.1) is 11.4 Å². The van der Waals surface area contributed by atoms with Crippen molar-refractivity contribution in [1.29, 1.82) is 0 Å². The van der Waals surface area contributed by atoms with E-state index in [9.17, 15) is 8.42 Å². The van der Waals surface area contributed by atoms with Gasteiger partial charge in [-0.2, -0.15) is 4.98 Å². The van der Waals surface area contributed by atoms with Crippen LogP contribution in [0.3, 0.4) is 0 Å². The Bertz CT molecular complexity index is 982. The largest absolute Gasteiger partial charge is 0.301 e. The molecule has 2 aromatic heterocycles. The summed E-state index contributed by atoms with van der Waals surface area (Å²) >= 11 is 5.87. The maximum atomic E-state index is 12.0. The van der Waals surface area contributed by atoms with E-state index in [1.54, 1.807) is 6.20 Å². The van der Waals surface area contributed by atoms with Gasteiger partial charge in [0.15, 0.2) is 0 Å². The lowest BCUT2D eigenvalue weighted by Gasteiger charge is -2.17. The first-order valence-corrected chi connectivity index (χ1v) is 9.14. The Hall–Kier alpha value is -2.12. The molecule has 8 heteroatoms. The first-order chi connectivity index (χ1) is 11.0. The number of sulfonamides is 1. The zero-order chi connectivity index (χ0) is 16.0. The van der Waals surface area contributed by atoms with Gasteiger partial charge in [0.2, 0.25) is 15.3 Å². The summed E-state index contributed by atoms with van der Waals surface area (Å²) in [6, 6.07) is 9.28. The Kier molecular flexibility index (Phi) is 3.28. The number of nitrogens with zero attached hydrogens (tertiary/aromatic N) is 4. The number of benzene rings is 1. The van der Waals surface area contributed by atoms with Crippen LogP contribution in [0.15, 0.2) is 42.7 Å². The SMILES string of the molecule is O=S1(=O)CCCN1c1ccc(-n2ccc3cnc(Cl)nc32)cc1. The van der Waals surface area contributed by atoms with Crippen LogP contribution in [0.4, 0.5) is 5.69 Å². The topological polar surface area (TPSA) is 68.1 Å². The van der Waals surface area contributed by atoms with Gasteiger partial charge in [-0.3, -0.25) is 4.31 Å². The lowest BCUT2D eigenvalue weighted by molar-refractivity contribution is 0.599. The minimum absolute atomic E-state index is 0.192. The van der Waals surface area contributed by atoms with Crippen molar-refractivity contribution in [2.75, 3.05) is 16.6 Å². The van der Waals surface area contributed by atoms with Gasteiger partial charge >= 0.3 is 0 Å².